The molecule has 10 heteroatoms. The predicted octanol–water partition coefficient (Wildman–Crippen LogP) is 4.24. The van der Waals surface area contributed by atoms with Crippen LogP contribution in [0.2, 0.25) is 0 Å². The molecule has 10 nitrogen and oxygen atoms in total. The normalized spacial score (nSPS) is 24.8. The Balaban J connectivity index is 0.000000381. The molecule has 2 fully saturated rings. The SMILES string of the molecule is C=CCOC(=O)N1[C@H](C)CN(C(=O)OC(C)(C)C)C[C@@H]1C.C[C@@H]1CN(C(=O)OC(C)(C)C)C[C@H](C)N1. The van der Waals surface area contributed by atoms with E-state index in [0.29, 0.717) is 25.2 Å². The number of hydrogen-bond donors (Lipinski definition) is 1. The molecule has 2 aliphatic heterocycles. The van der Waals surface area contributed by atoms with Gasteiger partial charge in [-0.25, -0.2) is 14.4 Å². The van der Waals surface area contributed by atoms with Crippen molar-refractivity contribution in [3.05, 3.63) is 12.7 Å². The van der Waals surface area contributed by atoms with Crippen LogP contribution in [0.3, 0.4) is 0 Å². The van der Waals surface area contributed by atoms with E-state index in [4.69, 9.17) is 14.2 Å². The molecule has 2 aliphatic rings. The number of carbonyl (C=O) groups is 3. The molecule has 0 unspecified atom stereocenters. The van der Waals surface area contributed by atoms with Gasteiger partial charge in [-0.15, -0.1) is 0 Å². The number of carbonyl (C=O) groups excluding carboxylic acids is 3. The molecular formula is C26H48N4O6. The summed E-state index contributed by atoms with van der Waals surface area (Å²) < 4.78 is 15.8. The minimum atomic E-state index is -0.524. The topological polar surface area (TPSA) is 101 Å². The van der Waals surface area contributed by atoms with E-state index in [1.54, 1.807) is 14.7 Å². The first-order valence-electron chi connectivity index (χ1n) is 12.7. The third-order valence-electron chi connectivity index (χ3n) is 5.32. The van der Waals surface area contributed by atoms with Crippen LogP contribution in [0.5, 0.6) is 0 Å². The summed E-state index contributed by atoms with van der Waals surface area (Å²) in [5, 5.41) is 3.38. The van der Waals surface area contributed by atoms with Crippen molar-refractivity contribution in [1.82, 2.24) is 20.0 Å². The summed E-state index contributed by atoms with van der Waals surface area (Å²) in [4.78, 5) is 41.0. The molecule has 0 aromatic heterocycles. The van der Waals surface area contributed by atoms with Gasteiger partial charge in [-0.05, 0) is 69.2 Å². The van der Waals surface area contributed by atoms with Crippen LogP contribution in [0.15, 0.2) is 12.7 Å². The molecule has 0 aromatic rings. The second-order valence-corrected chi connectivity index (χ2v) is 11.7. The molecule has 0 bridgehead atoms. The molecule has 0 aromatic carbocycles. The second kappa shape index (κ2) is 13.2. The molecule has 0 saturated carbocycles. The van der Waals surface area contributed by atoms with Crippen LogP contribution in [0.1, 0.15) is 69.2 Å². The van der Waals surface area contributed by atoms with E-state index >= 15 is 0 Å². The number of nitrogens with zero attached hydrogens (tertiary/aromatic N) is 3. The molecule has 2 saturated heterocycles. The Labute approximate surface area is 217 Å². The van der Waals surface area contributed by atoms with Gasteiger partial charge in [-0.1, -0.05) is 12.7 Å². The summed E-state index contributed by atoms with van der Waals surface area (Å²) in [6, 6.07) is 0.416. The van der Waals surface area contributed by atoms with Gasteiger partial charge in [0.05, 0.1) is 12.1 Å². The first-order chi connectivity index (χ1) is 16.4. The first kappa shape index (κ1) is 31.5. The van der Waals surface area contributed by atoms with Gasteiger partial charge in [0.25, 0.3) is 0 Å². The fourth-order valence-electron chi connectivity index (χ4n) is 4.17. The lowest BCUT2D eigenvalue weighted by Gasteiger charge is -2.43. The quantitative estimate of drug-likeness (QED) is 0.436. The number of piperazine rings is 2. The zero-order valence-electron chi connectivity index (χ0n) is 23.9. The Morgan fingerprint density at radius 2 is 1.17 bits per heavy atom. The minimum Gasteiger partial charge on any atom is -0.445 e. The van der Waals surface area contributed by atoms with E-state index in [-0.39, 0.29) is 37.0 Å². The van der Waals surface area contributed by atoms with E-state index in [2.05, 4.69) is 25.7 Å². The monoisotopic (exact) mass is 512 g/mol. The largest absolute Gasteiger partial charge is 0.445 e. The average molecular weight is 513 g/mol. The number of nitrogens with one attached hydrogen (secondary N) is 1. The van der Waals surface area contributed by atoms with Gasteiger partial charge in [0.2, 0.25) is 0 Å². The number of rotatable bonds is 2. The van der Waals surface area contributed by atoms with E-state index in [9.17, 15) is 14.4 Å². The average Bonchev–Trinajstić information content (AvgIpc) is 2.69. The standard InChI is InChI=1S/C15H26N2O4.C11H22N2O2/c1-7-8-20-14(19)17-11(2)9-16(10-12(17)3)13(18)21-15(4,5)6;1-8-6-13(7-9(2)12-8)10(14)15-11(3,4)5/h7,11-12H,1,8-10H2,2-6H3;8-9,12H,6-7H2,1-5H3/t11-,12+;8-,9+. The molecule has 36 heavy (non-hydrogen) atoms. The Hall–Kier alpha value is -2.49. The molecule has 0 aliphatic carbocycles. The van der Waals surface area contributed by atoms with Crippen molar-refractivity contribution in [3.63, 3.8) is 0 Å². The lowest BCUT2D eigenvalue weighted by molar-refractivity contribution is -0.00756. The highest BCUT2D eigenvalue weighted by molar-refractivity contribution is 5.71. The van der Waals surface area contributed by atoms with Crippen molar-refractivity contribution >= 4 is 18.3 Å². The van der Waals surface area contributed by atoms with Gasteiger partial charge >= 0.3 is 18.3 Å². The third kappa shape index (κ3) is 11.1. The van der Waals surface area contributed by atoms with Crippen molar-refractivity contribution in [2.24, 2.45) is 0 Å². The van der Waals surface area contributed by atoms with Crippen LogP contribution in [0.4, 0.5) is 14.4 Å². The maximum atomic E-state index is 12.1. The van der Waals surface area contributed by atoms with E-state index in [1.165, 1.54) is 6.08 Å². The summed E-state index contributed by atoms with van der Waals surface area (Å²) in [6.07, 6.45) is 0.603. The van der Waals surface area contributed by atoms with Crippen molar-refractivity contribution in [1.29, 1.82) is 0 Å². The fraction of sp³-hybridized carbons (Fsp3) is 0.808. The second-order valence-electron chi connectivity index (χ2n) is 11.7. The molecule has 208 valence electrons. The first-order valence-corrected chi connectivity index (χ1v) is 12.7. The van der Waals surface area contributed by atoms with Gasteiger partial charge < -0.3 is 29.3 Å². The van der Waals surface area contributed by atoms with E-state index < -0.39 is 11.2 Å². The van der Waals surface area contributed by atoms with E-state index in [0.717, 1.165) is 13.1 Å². The molecule has 4 atom stereocenters. The van der Waals surface area contributed by atoms with Crippen LogP contribution in [0.25, 0.3) is 0 Å². The summed E-state index contributed by atoms with van der Waals surface area (Å²) in [5.41, 5.74) is -0.933. The highest BCUT2D eigenvalue weighted by atomic mass is 16.6. The number of amides is 3. The predicted molar refractivity (Wildman–Crippen MR) is 140 cm³/mol. The van der Waals surface area contributed by atoms with Gasteiger partial charge in [-0.3, -0.25) is 4.90 Å². The van der Waals surface area contributed by atoms with Gasteiger partial charge in [0.1, 0.15) is 17.8 Å². The zero-order valence-corrected chi connectivity index (χ0v) is 23.9. The lowest BCUT2D eigenvalue weighted by atomic mass is 10.1. The lowest BCUT2D eigenvalue weighted by Crippen LogP contribution is -2.60. The van der Waals surface area contributed by atoms with Crippen LogP contribution < -0.4 is 5.32 Å². The maximum absolute atomic E-state index is 12.1. The summed E-state index contributed by atoms with van der Waals surface area (Å²) >= 11 is 0. The van der Waals surface area contributed by atoms with Crippen molar-refractivity contribution in [2.45, 2.75) is 105 Å². The molecule has 2 heterocycles. The van der Waals surface area contributed by atoms with Crippen LogP contribution >= 0.6 is 0 Å². The Morgan fingerprint density at radius 3 is 1.53 bits per heavy atom. The Bertz CT molecular complexity index is 739. The highest BCUT2D eigenvalue weighted by Crippen LogP contribution is 2.19. The molecule has 2 rings (SSSR count). The number of hydrogen-bond acceptors (Lipinski definition) is 7. The molecule has 3 amide bonds. The highest BCUT2D eigenvalue weighted by Gasteiger charge is 2.37. The molecule has 0 radical (unpaired) electrons. The van der Waals surface area contributed by atoms with Crippen LogP contribution in [-0.2, 0) is 14.2 Å². The van der Waals surface area contributed by atoms with Crippen LogP contribution in [0, 0.1) is 0 Å². The number of ether oxygens (including phenoxy) is 3. The van der Waals surface area contributed by atoms with E-state index in [1.807, 2.05) is 55.4 Å². The molecule has 0 spiro atoms. The minimum absolute atomic E-state index is 0.126. The van der Waals surface area contributed by atoms with Crippen LogP contribution in [-0.4, -0.2) is 101 Å². The Morgan fingerprint density at radius 1 is 0.778 bits per heavy atom. The summed E-state index contributed by atoms with van der Waals surface area (Å²) in [7, 11) is 0. The molecular weight excluding hydrogens is 464 g/mol. The summed E-state index contributed by atoms with van der Waals surface area (Å²) in [6.45, 7) is 25.1. The third-order valence-corrected chi connectivity index (χ3v) is 5.32. The van der Waals surface area contributed by atoms with Gasteiger partial charge in [0.15, 0.2) is 0 Å². The summed E-state index contributed by atoms with van der Waals surface area (Å²) in [5.74, 6) is 0. The molecule has 1 N–H and O–H groups in total. The van der Waals surface area contributed by atoms with Crippen molar-refractivity contribution in [3.8, 4) is 0 Å². The van der Waals surface area contributed by atoms with Crippen molar-refractivity contribution in [2.75, 3.05) is 32.8 Å². The zero-order chi connectivity index (χ0) is 27.8. The van der Waals surface area contributed by atoms with Gasteiger partial charge in [0, 0.05) is 38.3 Å². The van der Waals surface area contributed by atoms with Gasteiger partial charge in [-0.2, -0.15) is 0 Å². The van der Waals surface area contributed by atoms with Crippen molar-refractivity contribution < 1.29 is 28.6 Å². The Kier molecular flexibility index (Phi) is 11.5. The fourth-order valence-corrected chi connectivity index (χ4v) is 4.17. The smallest absolute Gasteiger partial charge is 0.410 e. The maximum Gasteiger partial charge on any atom is 0.410 e.